The Labute approximate surface area is 131 Å². The minimum atomic E-state index is -4.43. The van der Waals surface area contributed by atoms with Crippen molar-refractivity contribution in [3.8, 4) is 0 Å². The minimum Gasteiger partial charge on any atom is -0.395 e. The number of carbonyl (C=O) groups excluding carboxylic acids is 2. The smallest absolute Gasteiger partial charge is 0.395 e. The van der Waals surface area contributed by atoms with Gasteiger partial charge in [0.1, 0.15) is 0 Å². The number of carbonyl (C=O) groups is 2. The van der Waals surface area contributed by atoms with Gasteiger partial charge in [-0.05, 0) is 17.7 Å². The number of hydrogen-bond donors (Lipinski definition) is 2. The fourth-order valence-electron chi connectivity index (χ4n) is 2.49. The molecule has 0 aliphatic carbocycles. The average Bonchev–Trinajstić information content (AvgIpc) is 2.85. The third-order valence-corrected chi connectivity index (χ3v) is 3.62. The maximum atomic E-state index is 12.7. The Morgan fingerprint density at radius 3 is 2.78 bits per heavy atom. The lowest BCUT2D eigenvalue weighted by Gasteiger charge is -2.17. The Morgan fingerprint density at radius 2 is 2.13 bits per heavy atom. The molecule has 5 nitrogen and oxygen atoms in total. The van der Waals surface area contributed by atoms with Gasteiger partial charge in [0.05, 0.1) is 18.1 Å². The first-order chi connectivity index (χ1) is 10.8. The molecule has 0 bridgehead atoms. The maximum absolute atomic E-state index is 12.7. The van der Waals surface area contributed by atoms with Crippen LogP contribution in [0.15, 0.2) is 24.3 Å². The Kier molecular flexibility index (Phi) is 5.25. The molecule has 2 rings (SSSR count). The van der Waals surface area contributed by atoms with Gasteiger partial charge >= 0.3 is 6.18 Å². The molecule has 0 aromatic heterocycles. The second-order valence-corrected chi connectivity index (χ2v) is 5.39. The molecule has 1 aromatic carbocycles. The number of hydrogen-bond acceptors (Lipinski definition) is 3. The summed E-state index contributed by atoms with van der Waals surface area (Å²) in [7, 11) is 0. The summed E-state index contributed by atoms with van der Waals surface area (Å²) in [5.74, 6) is -1.15. The van der Waals surface area contributed by atoms with Crippen LogP contribution in [0.2, 0.25) is 0 Å². The van der Waals surface area contributed by atoms with Gasteiger partial charge in [0.25, 0.3) is 0 Å². The van der Waals surface area contributed by atoms with Crippen LogP contribution in [0, 0.1) is 5.92 Å². The number of rotatable bonds is 5. The number of likely N-dealkylation sites (tertiary alicyclic amines) is 1. The SMILES string of the molecule is O=C(NCCO)C1CC(=O)N(Cc2cccc(C(F)(F)F)c2)C1. The summed E-state index contributed by atoms with van der Waals surface area (Å²) >= 11 is 0. The lowest BCUT2D eigenvalue weighted by Crippen LogP contribution is -2.34. The highest BCUT2D eigenvalue weighted by molar-refractivity contribution is 5.89. The third kappa shape index (κ3) is 4.44. The minimum absolute atomic E-state index is 0.0240. The van der Waals surface area contributed by atoms with E-state index in [-0.39, 0.29) is 44.5 Å². The van der Waals surface area contributed by atoms with E-state index in [4.69, 9.17) is 5.11 Å². The third-order valence-electron chi connectivity index (χ3n) is 3.62. The second kappa shape index (κ2) is 6.99. The van der Waals surface area contributed by atoms with Crippen molar-refractivity contribution in [3.05, 3.63) is 35.4 Å². The summed E-state index contributed by atoms with van der Waals surface area (Å²) in [5.41, 5.74) is -0.400. The highest BCUT2D eigenvalue weighted by Crippen LogP contribution is 2.30. The van der Waals surface area contributed by atoms with Gasteiger partial charge in [-0.3, -0.25) is 9.59 Å². The predicted octanol–water partition coefficient (Wildman–Crippen LogP) is 1.16. The van der Waals surface area contributed by atoms with Gasteiger partial charge in [-0.2, -0.15) is 13.2 Å². The summed E-state index contributed by atoms with van der Waals surface area (Å²) in [6.45, 7) is 0.108. The van der Waals surface area contributed by atoms with Crippen LogP contribution in [0.25, 0.3) is 0 Å². The van der Waals surface area contributed by atoms with Crippen LogP contribution in [0.3, 0.4) is 0 Å². The van der Waals surface area contributed by atoms with Crippen molar-refractivity contribution >= 4 is 11.8 Å². The molecule has 1 aromatic rings. The molecule has 1 heterocycles. The Hall–Kier alpha value is -2.09. The molecule has 1 aliphatic rings. The van der Waals surface area contributed by atoms with Crippen molar-refractivity contribution in [3.63, 3.8) is 0 Å². The van der Waals surface area contributed by atoms with Crippen molar-refractivity contribution in [1.82, 2.24) is 10.2 Å². The molecular formula is C15H17F3N2O3. The van der Waals surface area contributed by atoms with Crippen LogP contribution in [0.4, 0.5) is 13.2 Å². The molecule has 1 unspecified atom stereocenters. The lowest BCUT2D eigenvalue weighted by molar-refractivity contribution is -0.137. The van der Waals surface area contributed by atoms with Crippen molar-refractivity contribution in [1.29, 1.82) is 0 Å². The summed E-state index contributed by atoms with van der Waals surface area (Å²) in [4.78, 5) is 25.1. The van der Waals surface area contributed by atoms with Gasteiger partial charge in [-0.25, -0.2) is 0 Å². The number of aliphatic hydroxyl groups is 1. The Balaban J connectivity index is 2.01. The zero-order valence-electron chi connectivity index (χ0n) is 12.3. The van der Waals surface area contributed by atoms with Gasteiger partial charge in [-0.1, -0.05) is 12.1 Å². The number of amides is 2. The molecule has 2 N–H and O–H groups in total. The van der Waals surface area contributed by atoms with E-state index >= 15 is 0 Å². The van der Waals surface area contributed by atoms with E-state index in [0.717, 1.165) is 12.1 Å². The average molecular weight is 330 g/mol. The zero-order valence-corrected chi connectivity index (χ0v) is 12.3. The molecule has 0 radical (unpaired) electrons. The molecule has 126 valence electrons. The van der Waals surface area contributed by atoms with Crippen LogP contribution in [0.1, 0.15) is 17.5 Å². The van der Waals surface area contributed by atoms with E-state index < -0.39 is 17.7 Å². The number of halogens is 3. The van der Waals surface area contributed by atoms with Crippen molar-refractivity contribution in [2.75, 3.05) is 19.7 Å². The Morgan fingerprint density at radius 1 is 1.39 bits per heavy atom. The van der Waals surface area contributed by atoms with Gasteiger partial charge in [0.2, 0.25) is 11.8 Å². The van der Waals surface area contributed by atoms with E-state index in [0.29, 0.717) is 5.56 Å². The van der Waals surface area contributed by atoms with Crippen LogP contribution in [-0.4, -0.2) is 41.5 Å². The molecule has 8 heteroatoms. The summed E-state index contributed by atoms with van der Waals surface area (Å²) in [6, 6.07) is 4.79. The van der Waals surface area contributed by atoms with Gasteiger partial charge in [0.15, 0.2) is 0 Å². The van der Waals surface area contributed by atoms with Crippen molar-refractivity contribution in [2.45, 2.75) is 19.1 Å². The number of alkyl halides is 3. The van der Waals surface area contributed by atoms with E-state index in [1.54, 1.807) is 0 Å². The topological polar surface area (TPSA) is 69.6 Å². The summed E-state index contributed by atoms with van der Waals surface area (Å²) in [6.07, 6.45) is -4.41. The Bertz CT molecular complexity index is 590. The monoisotopic (exact) mass is 330 g/mol. The molecule has 1 aliphatic heterocycles. The first kappa shape index (κ1) is 17.3. The number of benzene rings is 1. The number of nitrogens with one attached hydrogen (secondary N) is 1. The first-order valence-corrected chi connectivity index (χ1v) is 7.13. The van der Waals surface area contributed by atoms with E-state index in [1.165, 1.54) is 17.0 Å². The van der Waals surface area contributed by atoms with Crippen molar-refractivity contribution in [2.24, 2.45) is 5.92 Å². The van der Waals surface area contributed by atoms with Crippen LogP contribution in [0.5, 0.6) is 0 Å². The van der Waals surface area contributed by atoms with Crippen LogP contribution in [-0.2, 0) is 22.3 Å². The normalized spacial score (nSPS) is 18.3. The van der Waals surface area contributed by atoms with E-state index in [1.807, 2.05) is 0 Å². The maximum Gasteiger partial charge on any atom is 0.416 e. The molecule has 0 saturated carbocycles. The van der Waals surface area contributed by atoms with Gasteiger partial charge < -0.3 is 15.3 Å². The summed E-state index contributed by atoms with van der Waals surface area (Å²) < 4.78 is 38.1. The second-order valence-electron chi connectivity index (χ2n) is 5.39. The largest absolute Gasteiger partial charge is 0.416 e. The highest BCUT2D eigenvalue weighted by Gasteiger charge is 2.35. The first-order valence-electron chi connectivity index (χ1n) is 7.13. The molecule has 1 fully saturated rings. The summed E-state index contributed by atoms with van der Waals surface area (Å²) in [5, 5.41) is 11.2. The standard InChI is InChI=1S/C15H17F3N2O3/c16-15(17,18)12-3-1-2-10(6-12)8-20-9-11(7-13(20)22)14(23)19-4-5-21/h1-3,6,11,21H,4-5,7-9H2,(H,19,23). The fraction of sp³-hybridized carbons (Fsp3) is 0.467. The van der Waals surface area contributed by atoms with E-state index in [2.05, 4.69) is 5.32 Å². The number of nitrogens with zero attached hydrogens (tertiary/aromatic N) is 1. The van der Waals surface area contributed by atoms with Gasteiger partial charge in [-0.15, -0.1) is 0 Å². The zero-order chi connectivity index (χ0) is 17.0. The highest BCUT2D eigenvalue weighted by atomic mass is 19.4. The van der Waals surface area contributed by atoms with Gasteiger partial charge in [0, 0.05) is 26.1 Å². The fourth-order valence-corrected chi connectivity index (χ4v) is 2.49. The predicted molar refractivity (Wildman–Crippen MR) is 75.1 cm³/mol. The number of aliphatic hydroxyl groups excluding tert-OH is 1. The van der Waals surface area contributed by atoms with Crippen LogP contribution >= 0.6 is 0 Å². The van der Waals surface area contributed by atoms with E-state index in [9.17, 15) is 22.8 Å². The lowest BCUT2D eigenvalue weighted by atomic mass is 10.1. The van der Waals surface area contributed by atoms with Crippen molar-refractivity contribution < 1.29 is 27.9 Å². The molecule has 2 amide bonds. The molecule has 1 atom stereocenters. The molecular weight excluding hydrogens is 313 g/mol. The quantitative estimate of drug-likeness (QED) is 0.851. The molecule has 1 saturated heterocycles. The molecule has 23 heavy (non-hydrogen) atoms. The van der Waals surface area contributed by atoms with Crippen LogP contribution < -0.4 is 5.32 Å². The molecule has 0 spiro atoms.